The first-order valence-electron chi connectivity index (χ1n) is 7.41. The van der Waals surface area contributed by atoms with Crippen LogP contribution in [0, 0.1) is 5.41 Å². The van der Waals surface area contributed by atoms with Crippen molar-refractivity contribution in [1.82, 2.24) is 10.2 Å². The standard InChI is InChI=1S/C17H22N2O4/c1-16(2,3)13(20)10-19-14(21)17(4,18-15(19)22)11-6-8-12(23-5)9-7-11/h6-9H,10H2,1-5H3,(H,18,22). The van der Waals surface area contributed by atoms with E-state index >= 15 is 0 Å². The van der Waals surface area contributed by atoms with Gasteiger partial charge in [0.25, 0.3) is 5.91 Å². The lowest BCUT2D eigenvalue weighted by Crippen LogP contribution is -2.42. The highest BCUT2D eigenvalue weighted by atomic mass is 16.5. The average molecular weight is 318 g/mol. The van der Waals surface area contributed by atoms with Crippen LogP contribution in [0.5, 0.6) is 5.75 Å². The first-order chi connectivity index (χ1) is 10.6. The zero-order valence-electron chi connectivity index (χ0n) is 14.1. The number of ketones is 1. The first kappa shape index (κ1) is 17.0. The normalized spacial score (nSPS) is 21.3. The number of rotatable bonds is 4. The number of carbonyl (C=O) groups is 3. The molecule has 1 atom stereocenters. The lowest BCUT2D eigenvalue weighted by Gasteiger charge is -2.23. The van der Waals surface area contributed by atoms with E-state index in [1.807, 2.05) is 0 Å². The number of methoxy groups -OCH3 is 1. The van der Waals surface area contributed by atoms with Gasteiger partial charge in [-0.3, -0.25) is 14.5 Å². The molecular weight excluding hydrogens is 296 g/mol. The van der Waals surface area contributed by atoms with Crippen LogP contribution in [-0.4, -0.2) is 36.3 Å². The number of urea groups is 1. The molecule has 0 radical (unpaired) electrons. The first-order valence-corrected chi connectivity index (χ1v) is 7.41. The van der Waals surface area contributed by atoms with E-state index in [0.717, 1.165) is 4.90 Å². The van der Waals surface area contributed by atoms with E-state index in [0.29, 0.717) is 11.3 Å². The number of Topliss-reactive ketones (excluding diaryl/α,β-unsaturated/α-hetero) is 1. The third-order valence-corrected chi connectivity index (χ3v) is 4.08. The molecule has 1 aliphatic rings. The second kappa shape index (κ2) is 5.68. The van der Waals surface area contributed by atoms with Crippen LogP contribution in [-0.2, 0) is 15.1 Å². The molecule has 1 heterocycles. The molecule has 0 saturated carbocycles. The Morgan fingerprint density at radius 3 is 2.26 bits per heavy atom. The molecule has 6 nitrogen and oxygen atoms in total. The molecule has 1 fully saturated rings. The van der Waals surface area contributed by atoms with Crippen molar-refractivity contribution in [3.05, 3.63) is 29.8 Å². The van der Waals surface area contributed by atoms with Crippen molar-refractivity contribution in [3.63, 3.8) is 0 Å². The molecule has 1 saturated heterocycles. The summed E-state index contributed by atoms with van der Waals surface area (Å²) in [5.74, 6) is 0.0686. The Kier molecular flexibility index (Phi) is 4.20. The monoisotopic (exact) mass is 318 g/mol. The minimum atomic E-state index is -1.18. The zero-order chi connectivity index (χ0) is 17.4. The maximum absolute atomic E-state index is 12.7. The molecule has 124 valence electrons. The number of hydrogen-bond donors (Lipinski definition) is 1. The molecule has 0 bridgehead atoms. The Hall–Kier alpha value is -2.37. The number of hydrogen-bond acceptors (Lipinski definition) is 4. The van der Waals surface area contributed by atoms with Crippen molar-refractivity contribution in [2.75, 3.05) is 13.7 Å². The van der Waals surface area contributed by atoms with Gasteiger partial charge in [-0.15, -0.1) is 0 Å². The van der Waals surface area contributed by atoms with E-state index in [9.17, 15) is 14.4 Å². The number of amides is 3. The van der Waals surface area contributed by atoms with E-state index < -0.39 is 22.9 Å². The van der Waals surface area contributed by atoms with Gasteiger partial charge in [0.1, 0.15) is 11.3 Å². The SMILES string of the molecule is COc1ccc(C2(C)NC(=O)N(CC(=O)C(C)(C)C)C2=O)cc1. The highest BCUT2D eigenvalue weighted by Crippen LogP contribution is 2.30. The molecule has 0 aromatic heterocycles. The van der Waals surface area contributed by atoms with Crippen molar-refractivity contribution in [3.8, 4) is 5.75 Å². The van der Waals surface area contributed by atoms with Crippen LogP contribution in [0.1, 0.15) is 33.3 Å². The summed E-state index contributed by atoms with van der Waals surface area (Å²) in [4.78, 5) is 38.0. The molecule has 2 rings (SSSR count). The molecule has 1 aromatic carbocycles. The molecule has 1 aliphatic heterocycles. The van der Waals surface area contributed by atoms with Gasteiger partial charge in [-0.2, -0.15) is 0 Å². The fourth-order valence-corrected chi connectivity index (χ4v) is 2.34. The summed E-state index contributed by atoms with van der Waals surface area (Å²) in [6, 6.07) is 6.36. The van der Waals surface area contributed by atoms with E-state index in [1.165, 1.54) is 0 Å². The third-order valence-electron chi connectivity index (χ3n) is 4.08. The Bertz CT molecular complexity index is 646. The van der Waals surface area contributed by atoms with E-state index in [4.69, 9.17) is 4.74 Å². The summed E-state index contributed by atoms with van der Waals surface area (Å²) in [5, 5.41) is 2.69. The van der Waals surface area contributed by atoms with Crippen LogP contribution in [0.2, 0.25) is 0 Å². The predicted molar refractivity (Wildman–Crippen MR) is 85.1 cm³/mol. The summed E-state index contributed by atoms with van der Waals surface area (Å²) in [7, 11) is 1.55. The van der Waals surface area contributed by atoms with Crippen molar-refractivity contribution in [2.45, 2.75) is 33.2 Å². The van der Waals surface area contributed by atoms with E-state index in [1.54, 1.807) is 59.1 Å². The van der Waals surface area contributed by atoms with Gasteiger partial charge in [0.15, 0.2) is 5.78 Å². The number of nitrogens with one attached hydrogen (secondary N) is 1. The molecule has 6 heteroatoms. The van der Waals surface area contributed by atoms with Gasteiger partial charge in [-0.05, 0) is 24.6 Å². The Morgan fingerprint density at radius 1 is 1.22 bits per heavy atom. The maximum atomic E-state index is 12.7. The van der Waals surface area contributed by atoms with Gasteiger partial charge < -0.3 is 10.1 Å². The minimum Gasteiger partial charge on any atom is -0.497 e. The van der Waals surface area contributed by atoms with Gasteiger partial charge in [0.2, 0.25) is 0 Å². The lowest BCUT2D eigenvalue weighted by atomic mass is 9.89. The van der Waals surface area contributed by atoms with Gasteiger partial charge in [-0.1, -0.05) is 32.9 Å². The summed E-state index contributed by atoms with van der Waals surface area (Å²) in [5.41, 5.74) is -1.15. The summed E-state index contributed by atoms with van der Waals surface area (Å²) >= 11 is 0. The maximum Gasteiger partial charge on any atom is 0.325 e. The van der Waals surface area contributed by atoms with Crippen LogP contribution in [0.3, 0.4) is 0 Å². The Morgan fingerprint density at radius 2 is 1.78 bits per heavy atom. The van der Waals surface area contributed by atoms with Crippen LogP contribution in [0.25, 0.3) is 0 Å². The minimum absolute atomic E-state index is 0.167. The van der Waals surface area contributed by atoms with Gasteiger partial charge in [-0.25, -0.2) is 4.79 Å². The Balaban J connectivity index is 2.27. The molecule has 1 unspecified atom stereocenters. The van der Waals surface area contributed by atoms with E-state index in [-0.39, 0.29) is 12.3 Å². The fourth-order valence-electron chi connectivity index (χ4n) is 2.34. The fraction of sp³-hybridized carbons (Fsp3) is 0.471. The number of carbonyl (C=O) groups excluding carboxylic acids is 3. The van der Waals surface area contributed by atoms with Crippen molar-refractivity contribution < 1.29 is 19.1 Å². The summed E-state index contributed by atoms with van der Waals surface area (Å²) in [6.07, 6.45) is 0. The lowest BCUT2D eigenvalue weighted by molar-refractivity contribution is -0.136. The van der Waals surface area contributed by atoms with Crippen LogP contribution in [0.15, 0.2) is 24.3 Å². The van der Waals surface area contributed by atoms with Crippen molar-refractivity contribution in [1.29, 1.82) is 0 Å². The molecule has 23 heavy (non-hydrogen) atoms. The Labute approximate surface area is 135 Å². The summed E-state index contributed by atoms with van der Waals surface area (Å²) < 4.78 is 5.10. The molecule has 1 aromatic rings. The molecular formula is C17H22N2O4. The second-order valence-electron chi connectivity index (χ2n) is 6.85. The average Bonchev–Trinajstić information content (AvgIpc) is 2.70. The molecule has 0 aliphatic carbocycles. The topological polar surface area (TPSA) is 75.7 Å². The highest BCUT2D eigenvalue weighted by molar-refractivity contribution is 6.09. The second-order valence-corrected chi connectivity index (χ2v) is 6.85. The number of nitrogens with zero attached hydrogens (tertiary/aromatic N) is 1. The van der Waals surface area contributed by atoms with Crippen LogP contribution >= 0.6 is 0 Å². The van der Waals surface area contributed by atoms with Crippen molar-refractivity contribution >= 4 is 17.7 Å². The molecule has 1 N–H and O–H groups in total. The smallest absolute Gasteiger partial charge is 0.325 e. The number of benzene rings is 1. The third kappa shape index (κ3) is 3.06. The van der Waals surface area contributed by atoms with Gasteiger partial charge >= 0.3 is 6.03 Å². The van der Waals surface area contributed by atoms with Crippen LogP contribution < -0.4 is 10.1 Å². The van der Waals surface area contributed by atoms with Crippen LogP contribution in [0.4, 0.5) is 4.79 Å². The summed E-state index contributed by atoms with van der Waals surface area (Å²) in [6.45, 7) is 6.69. The van der Waals surface area contributed by atoms with Gasteiger partial charge in [0, 0.05) is 5.41 Å². The largest absolute Gasteiger partial charge is 0.497 e. The quantitative estimate of drug-likeness (QED) is 0.862. The molecule has 3 amide bonds. The zero-order valence-corrected chi connectivity index (χ0v) is 14.1. The predicted octanol–water partition coefficient (Wildman–Crippen LogP) is 2.08. The van der Waals surface area contributed by atoms with E-state index in [2.05, 4.69) is 5.32 Å². The van der Waals surface area contributed by atoms with Crippen molar-refractivity contribution in [2.24, 2.45) is 5.41 Å². The highest BCUT2D eigenvalue weighted by Gasteiger charge is 2.49. The van der Waals surface area contributed by atoms with Gasteiger partial charge in [0.05, 0.1) is 13.7 Å². The molecule has 0 spiro atoms. The number of imide groups is 1. The number of ether oxygens (including phenoxy) is 1.